The van der Waals surface area contributed by atoms with E-state index in [-0.39, 0.29) is 15.5 Å². The van der Waals surface area contributed by atoms with Crippen LogP contribution in [0, 0.1) is 0 Å². The Morgan fingerprint density at radius 1 is 0.795 bits per heavy atom. The van der Waals surface area contributed by atoms with Crippen molar-refractivity contribution >= 4 is 37.3 Å². The molecule has 208 valence electrons. The fourth-order valence-corrected chi connectivity index (χ4v) is 6.99. The molecule has 1 aliphatic rings. The number of hydrogen-bond donors (Lipinski definition) is 1. The number of amides is 1. The number of nitrogens with one attached hydrogen (secondary N) is 1. The van der Waals surface area contributed by atoms with Gasteiger partial charge in [-0.3, -0.25) is 9.10 Å². The Morgan fingerprint density at radius 2 is 1.38 bits per heavy atom. The molecule has 1 amide bonds. The van der Waals surface area contributed by atoms with Crippen LogP contribution in [0.15, 0.2) is 76.5 Å². The first kappa shape index (κ1) is 28.4. The van der Waals surface area contributed by atoms with Gasteiger partial charge in [0.2, 0.25) is 10.0 Å². The van der Waals surface area contributed by atoms with Gasteiger partial charge < -0.3 is 14.8 Å². The van der Waals surface area contributed by atoms with E-state index in [1.807, 2.05) is 0 Å². The Morgan fingerprint density at radius 3 is 1.97 bits per heavy atom. The van der Waals surface area contributed by atoms with Gasteiger partial charge in [0.15, 0.2) is 11.5 Å². The summed E-state index contributed by atoms with van der Waals surface area (Å²) in [5.41, 5.74) is 1.10. The van der Waals surface area contributed by atoms with E-state index < -0.39 is 26.0 Å². The van der Waals surface area contributed by atoms with Crippen LogP contribution in [0.1, 0.15) is 29.6 Å². The van der Waals surface area contributed by atoms with E-state index in [9.17, 15) is 21.6 Å². The van der Waals surface area contributed by atoms with Crippen molar-refractivity contribution in [1.82, 2.24) is 4.31 Å². The second-order valence-corrected chi connectivity index (χ2v) is 12.9. The minimum atomic E-state index is -3.91. The maximum Gasteiger partial charge on any atom is 0.264 e. The average molecular weight is 574 g/mol. The molecular weight excluding hydrogens is 542 g/mol. The number of anilines is 2. The number of carbonyl (C=O) groups is 1. The van der Waals surface area contributed by atoms with Gasteiger partial charge in [0.05, 0.1) is 29.7 Å². The highest BCUT2D eigenvalue weighted by Crippen LogP contribution is 2.32. The zero-order valence-corrected chi connectivity index (χ0v) is 23.6. The summed E-state index contributed by atoms with van der Waals surface area (Å²) >= 11 is 0. The number of rotatable bonds is 9. The first-order valence-electron chi connectivity index (χ1n) is 12.3. The van der Waals surface area contributed by atoms with Crippen molar-refractivity contribution in [2.75, 3.05) is 44.0 Å². The monoisotopic (exact) mass is 573 g/mol. The van der Waals surface area contributed by atoms with Crippen LogP contribution < -0.4 is 19.1 Å². The van der Waals surface area contributed by atoms with Crippen LogP contribution in [0.5, 0.6) is 11.5 Å². The van der Waals surface area contributed by atoms with E-state index in [1.165, 1.54) is 80.2 Å². The van der Waals surface area contributed by atoms with E-state index in [4.69, 9.17) is 9.47 Å². The zero-order chi connectivity index (χ0) is 28.2. The predicted molar refractivity (Wildman–Crippen MR) is 149 cm³/mol. The topological polar surface area (TPSA) is 122 Å². The second kappa shape index (κ2) is 11.6. The van der Waals surface area contributed by atoms with Crippen molar-refractivity contribution in [3.8, 4) is 11.5 Å². The van der Waals surface area contributed by atoms with Gasteiger partial charge in [-0.25, -0.2) is 16.8 Å². The van der Waals surface area contributed by atoms with Crippen molar-refractivity contribution in [3.05, 3.63) is 72.3 Å². The van der Waals surface area contributed by atoms with E-state index in [0.29, 0.717) is 35.8 Å². The van der Waals surface area contributed by atoms with Crippen LogP contribution in [-0.4, -0.2) is 61.4 Å². The third kappa shape index (κ3) is 6.02. The average Bonchev–Trinajstić information content (AvgIpc) is 2.97. The van der Waals surface area contributed by atoms with Gasteiger partial charge in [-0.15, -0.1) is 0 Å². The maximum atomic E-state index is 13.2. The van der Waals surface area contributed by atoms with Crippen molar-refractivity contribution in [3.63, 3.8) is 0 Å². The Hall–Kier alpha value is -3.61. The maximum absolute atomic E-state index is 13.2. The normalized spacial score (nSPS) is 14.4. The summed E-state index contributed by atoms with van der Waals surface area (Å²) < 4.78 is 65.0. The molecule has 39 heavy (non-hydrogen) atoms. The lowest BCUT2D eigenvalue weighted by atomic mass is 10.2. The fourth-order valence-electron chi connectivity index (χ4n) is 4.26. The third-order valence-electron chi connectivity index (χ3n) is 6.57. The molecule has 1 heterocycles. The van der Waals surface area contributed by atoms with E-state index in [1.54, 1.807) is 12.1 Å². The van der Waals surface area contributed by atoms with Crippen molar-refractivity contribution in [2.45, 2.75) is 29.1 Å². The molecule has 1 fully saturated rings. The van der Waals surface area contributed by atoms with Gasteiger partial charge in [-0.1, -0.05) is 6.42 Å². The molecule has 0 aliphatic carbocycles. The number of benzene rings is 3. The largest absolute Gasteiger partial charge is 0.493 e. The molecule has 0 unspecified atom stereocenters. The smallest absolute Gasteiger partial charge is 0.264 e. The predicted octanol–water partition coefficient (Wildman–Crippen LogP) is 3.96. The second-order valence-electron chi connectivity index (χ2n) is 8.98. The Bertz CT molecular complexity index is 1530. The molecule has 0 spiro atoms. The molecule has 0 radical (unpaired) electrons. The Balaban J connectivity index is 1.44. The molecular formula is C27H31N3O7S2. The van der Waals surface area contributed by atoms with Gasteiger partial charge >= 0.3 is 0 Å². The molecule has 0 bridgehead atoms. The summed E-state index contributed by atoms with van der Waals surface area (Å²) in [7, 11) is -3.16. The van der Waals surface area contributed by atoms with Crippen molar-refractivity contribution in [2.24, 2.45) is 0 Å². The molecule has 12 heteroatoms. The number of hydrogen-bond acceptors (Lipinski definition) is 7. The summed E-state index contributed by atoms with van der Waals surface area (Å²) in [4.78, 5) is 13.0. The first-order chi connectivity index (χ1) is 18.6. The van der Waals surface area contributed by atoms with Gasteiger partial charge in [0.25, 0.3) is 15.9 Å². The minimum Gasteiger partial charge on any atom is -0.493 e. The quantitative estimate of drug-likeness (QED) is 0.411. The van der Waals surface area contributed by atoms with Crippen molar-refractivity contribution < 1.29 is 31.1 Å². The molecule has 1 saturated heterocycles. The summed E-state index contributed by atoms with van der Waals surface area (Å²) in [5.74, 6) is 0.280. The lowest BCUT2D eigenvalue weighted by Crippen LogP contribution is -2.35. The van der Waals surface area contributed by atoms with Gasteiger partial charge in [0.1, 0.15) is 0 Å². The molecule has 10 nitrogen and oxygen atoms in total. The molecule has 1 aliphatic heterocycles. The number of carbonyl (C=O) groups excluding carboxylic acids is 1. The van der Waals surface area contributed by atoms with Crippen molar-refractivity contribution in [1.29, 1.82) is 0 Å². The third-order valence-corrected chi connectivity index (χ3v) is 10.3. The van der Waals surface area contributed by atoms with Crippen LogP contribution >= 0.6 is 0 Å². The van der Waals surface area contributed by atoms with Crippen LogP contribution in [-0.2, 0) is 20.0 Å². The number of piperidine rings is 1. The lowest BCUT2D eigenvalue weighted by molar-refractivity contribution is 0.102. The van der Waals surface area contributed by atoms with Crippen LogP contribution in [0.25, 0.3) is 0 Å². The molecule has 0 aromatic heterocycles. The number of methoxy groups -OCH3 is 2. The Labute approximate surface area is 229 Å². The van der Waals surface area contributed by atoms with Crippen LogP contribution in [0.4, 0.5) is 11.4 Å². The summed E-state index contributed by atoms with van der Waals surface area (Å²) in [6.07, 6.45) is 2.73. The highest BCUT2D eigenvalue weighted by molar-refractivity contribution is 7.92. The molecule has 3 aromatic carbocycles. The first-order valence-corrected chi connectivity index (χ1v) is 15.2. The van der Waals surface area contributed by atoms with E-state index >= 15 is 0 Å². The number of sulfonamides is 2. The van der Waals surface area contributed by atoms with Crippen LogP contribution in [0.3, 0.4) is 0 Å². The van der Waals surface area contributed by atoms with E-state index in [2.05, 4.69) is 5.32 Å². The highest BCUT2D eigenvalue weighted by atomic mass is 32.2. The zero-order valence-electron chi connectivity index (χ0n) is 22.0. The molecule has 0 atom stereocenters. The van der Waals surface area contributed by atoms with Gasteiger partial charge in [-0.2, -0.15) is 4.31 Å². The number of ether oxygens (including phenoxy) is 2. The minimum absolute atomic E-state index is 0.0233. The Kier molecular flexibility index (Phi) is 8.48. The summed E-state index contributed by atoms with van der Waals surface area (Å²) in [5, 5.41) is 2.74. The number of nitrogens with zero attached hydrogens (tertiary/aromatic N) is 2. The summed E-state index contributed by atoms with van der Waals surface area (Å²) in [6.45, 7) is 1.03. The SMILES string of the molecule is COc1ccc(S(=O)(=O)N(C)c2ccc(C(=O)Nc3ccc(S(=O)(=O)N4CCCCC4)cc3)cc2)cc1OC. The van der Waals surface area contributed by atoms with Gasteiger partial charge in [0, 0.05) is 37.5 Å². The fraction of sp³-hybridized carbons (Fsp3) is 0.296. The van der Waals surface area contributed by atoms with E-state index in [0.717, 1.165) is 23.6 Å². The molecule has 1 N–H and O–H groups in total. The molecule has 0 saturated carbocycles. The van der Waals surface area contributed by atoms with Gasteiger partial charge in [-0.05, 0) is 73.5 Å². The molecule has 3 aromatic rings. The highest BCUT2D eigenvalue weighted by Gasteiger charge is 2.26. The lowest BCUT2D eigenvalue weighted by Gasteiger charge is -2.25. The van der Waals surface area contributed by atoms with Crippen LogP contribution in [0.2, 0.25) is 0 Å². The standard InChI is InChI=1S/C27H31N3O7S2/c1-29(38(32,33)24-15-16-25(36-2)26(19-24)37-3)22-11-7-20(8-12-22)27(31)28-21-9-13-23(14-10-21)39(34,35)30-17-5-4-6-18-30/h7-16,19H,4-6,17-18H2,1-3H3,(H,28,31). The summed E-state index contributed by atoms with van der Waals surface area (Å²) in [6, 6.07) is 16.5. The molecule has 4 rings (SSSR count).